The molecule has 244 valence electrons. The number of hydrogen-bond donors (Lipinski definition) is 2. The topological polar surface area (TPSA) is 161 Å². The molecule has 3 heterocycles. The monoisotopic (exact) mass is 632 g/mol. The predicted molar refractivity (Wildman–Crippen MR) is 159 cm³/mol. The maximum Gasteiger partial charge on any atom is 0.470 e. The van der Waals surface area contributed by atoms with Gasteiger partial charge in [-0.3, -0.25) is 19.4 Å². The van der Waals surface area contributed by atoms with Gasteiger partial charge in [0.1, 0.15) is 6.04 Å². The highest BCUT2D eigenvalue weighted by Crippen LogP contribution is 2.40. The number of likely N-dealkylation sites (tertiary alicyclic amines) is 1. The van der Waals surface area contributed by atoms with Gasteiger partial charge in [0, 0.05) is 48.0 Å². The fourth-order valence-electron chi connectivity index (χ4n) is 4.63. The van der Waals surface area contributed by atoms with Crippen molar-refractivity contribution < 1.29 is 37.0 Å². The predicted octanol–water partition coefficient (Wildman–Crippen LogP) is 3.80. The van der Waals surface area contributed by atoms with Crippen LogP contribution in [0.1, 0.15) is 71.0 Å². The summed E-state index contributed by atoms with van der Waals surface area (Å²) in [6.07, 6.45) is 8.59. The zero-order chi connectivity index (χ0) is 34.2. The highest BCUT2D eigenvalue weighted by molar-refractivity contribution is 5.92. The van der Waals surface area contributed by atoms with Crippen molar-refractivity contribution in [2.45, 2.75) is 77.8 Å². The van der Waals surface area contributed by atoms with Crippen LogP contribution in [0.2, 0.25) is 0 Å². The standard InChI is InChI=1S/C15H27NO2.C14H10N4O2.C2H2F3NO/c1-11-9-16(10-14(11,3)4)13(17)8-12(2)18-15(5)6-7-15;1-3-10-13-9(6-17-14(10)20-2)5-16-7-11(13)12(4-15)18-8-19;3-2(4,5)1(6)7/h11-12H,6-10H2,1-5H3;1,5-8,12H,2H3,(H,18,19);(H2,6,7)/t11?,12-;;/m1../s1. The minimum Gasteiger partial charge on any atom is -0.480 e. The van der Waals surface area contributed by atoms with E-state index in [4.69, 9.17) is 26.0 Å². The number of terminal acetylenes is 1. The van der Waals surface area contributed by atoms with Crippen LogP contribution in [-0.4, -0.2) is 71.2 Å². The highest BCUT2D eigenvalue weighted by atomic mass is 19.4. The van der Waals surface area contributed by atoms with E-state index in [1.165, 1.54) is 13.3 Å². The third kappa shape index (κ3) is 10.0. The van der Waals surface area contributed by atoms with Crippen LogP contribution >= 0.6 is 0 Å². The third-order valence-corrected chi connectivity index (χ3v) is 7.76. The Bertz CT molecular complexity index is 1460. The second-order valence-corrected chi connectivity index (χ2v) is 11.9. The van der Waals surface area contributed by atoms with Gasteiger partial charge in [0.05, 0.1) is 36.9 Å². The Balaban J connectivity index is 0.000000261. The summed E-state index contributed by atoms with van der Waals surface area (Å²) >= 11 is 0. The van der Waals surface area contributed by atoms with E-state index in [0.717, 1.165) is 25.9 Å². The molecular formula is C31H39F3N6O5. The Labute approximate surface area is 260 Å². The molecule has 2 unspecified atom stereocenters. The Morgan fingerprint density at radius 2 is 1.91 bits per heavy atom. The number of pyridine rings is 2. The zero-order valence-electron chi connectivity index (χ0n) is 26.2. The Kier molecular flexibility index (Phi) is 12.3. The van der Waals surface area contributed by atoms with E-state index in [0.29, 0.717) is 40.6 Å². The second kappa shape index (κ2) is 15.0. The molecule has 45 heavy (non-hydrogen) atoms. The highest BCUT2D eigenvalue weighted by Gasteiger charge is 2.42. The van der Waals surface area contributed by atoms with Crippen LogP contribution in [0.25, 0.3) is 10.8 Å². The van der Waals surface area contributed by atoms with Crippen molar-refractivity contribution in [3.63, 3.8) is 0 Å². The molecule has 1 aliphatic carbocycles. The lowest BCUT2D eigenvalue weighted by Gasteiger charge is -2.23. The number of nitrogens with one attached hydrogen (secondary N) is 1. The summed E-state index contributed by atoms with van der Waals surface area (Å²) in [5, 5.41) is 12.9. The van der Waals surface area contributed by atoms with E-state index in [1.807, 2.05) is 17.9 Å². The van der Waals surface area contributed by atoms with Crippen LogP contribution in [0.4, 0.5) is 13.2 Å². The summed E-state index contributed by atoms with van der Waals surface area (Å²) in [7, 11) is 1.46. The number of fused-ring (bicyclic) bond motifs is 1. The van der Waals surface area contributed by atoms with Crippen molar-refractivity contribution in [3.05, 3.63) is 29.7 Å². The second-order valence-electron chi connectivity index (χ2n) is 11.9. The molecule has 3 amide bonds. The van der Waals surface area contributed by atoms with Gasteiger partial charge in [-0.25, -0.2) is 4.98 Å². The molecule has 2 aliphatic rings. The number of methoxy groups -OCH3 is 1. The minimum atomic E-state index is -4.86. The van der Waals surface area contributed by atoms with Crippen LogP contribution in [0.5, 0.6) is 5.88 Å². The van der Waals surface area contributed by atoms with E-state index in [9.17, 15) is 22.8 Å². The van der Waals surface area contributed by atoms with Crippen LogP contribution in [0.15, 0.2) is 18.6 Å². The Morgan fingerprint density at radius 1 is 1.29 bits per heavy atom. The first-order chi connectivity index (χ1) is 20.9. The molecule has 0 aromatic carbocycles. The van der Waals surface area contributed by atoms with Crippen LogP contribution in [0, 0.1) is 35.0 Å². The molecule has 14 heteroatoms. The molecule has 2 aromatic heterocycles. The van der Waals surface area contributed by atoms with Gasteiger partial charge in [0.25, 0.3) is 0 Å². The van der Waals surface area contributed by atoms with E-state index >= 15 is 0 Å². The quantitative estimate of drug-likeness (QED) is 0.328. The number of halogens is 3. The summed E-state index contributed by atoms with van der Waals surface area (Å²) in [5.74, 6) is 1.38. The Morgan fingerprint density at radius 3 is 2.36 bits per heavy atom. The van der Waals surface area contributed by atoms with Crippen molar-refractivity contribution in [2.75, 3.05) is 20.2 Å². The number of ether oxygens (including phenoxy) is 2. The van der Waals surface area contributed by atoms with Crippen molar-refractivity contribution >= 4 is 29.0 Å². The summed E-state index contributed by atoms with van der Waals surface area (Å²) in [4.78, 5) is 42.1. The molecule has 1 saturated heterocycles. The molecule has 3 N–H and O–H groups in total. The van der Waals surface area contributed by atoms with Gasteiger partial charge in [0.15, 0.2) is 0 Å². The van der Waals surface area contributed by atoms with Gasteiger partial charge in [-0.15, -0.1) is 6.42 Å². The SMILES string of the molecule is C#Cc1c(OC)ncc2cncc(C(C#N)NC=O)c12.CC1CN(C(=O)C[C@@H](C)OC2(C)CC2)CC1(C)C.NC(=O)C(F)(F)F. The summed E-state index contributed by atoms with van der Waals surface area (Å²) in [6.45, 7) is 12.7. The summed E-state index contributed by atoms with van der Waals surface area (Å²) in [6, 6.07) is 1.14. The summed E-state index contributed by atoms with van der Waals surface area (Å²) < 4.78 is 43.1. The molecule has 1 aliphatic heterocycles. The third-order valence-electron chi connectivity index (χ3n) is 7.76. The Hall–Kier alpha value is -4.43. The lowest BCUT2D eigenvalue weighted by Crippen LogP contribution is -2.33. The number of nitriles is 1. The zero-order valence-corrected chi connectivity index (χ0v) is 26.2. The molecular weight excluding hydrogens is 593 g/mol. The number of carbonyl (C=O) groups excluding carboxylic acids is 3. The largest absolute Gasteiger partial charge is 0.480 e. The number of aromatic nitrogens is 2. The van der Waals surface area contributed by atoms with Gasteiger partial charge in [-0.05, 0) is 38.0 Å². The van der Waals surface area contributed by atoms with Crippen LogP contribution in [-0.2, 0) is 19.1 Å². The minimum absolute atomic E-state index is 0.0454. The molecule has 0 bridgehead atoms. The maximum absolute atomic E-state index is 12.2. The average molecular weight is 633 g/mol. The van der Waals surface area contributed by atoms with Gasteiger partial charge < -0.3 is 25.4 Å². The molecule has 11 nitrogen and oxygen atoms in total. The fourth-order valence-corrected chi connectivity index (χ4v) is 4.63. The van der Waals surface area contributed by atoms with Crippen LogP contribution < -0.4 is 15.8 Å². The number of hydrogen-bond acceptors (Lipinski definition) is 8. The molecule has 2 fully saturated rings. The number of primary amides is 1. The maximum atomic E-state index is 12.2. The molecule has 1 saturated carbocycles. The van der Waals surface area contributed by atoms with Gasteiger partial charge in [-0.2, -0.15) is 18.4 Å². The summed E-state index contributed by atoms with van der Waals surface area (Å²) in [5.41, 5.74) is 5.06. The van der Waals surface area contributed by atoms with Crippen molar-refractivity contribution in [3.8, 4) is 24.3 Å². The smallest absolute Gasteiger partial charge is 0.470 e. The molecule has 3 atom stereocenters. The van der Waals surface area contributed by atoms with E-state index in [2.05, 4.69) is 54.6 Å². The van der Waals surface area contributed by atoms with E-state index in [1.54, 1.807) is 12.4 Å². The van der Waals surface area contributed by atoms with Gasteiger partial charge in [-0.1, -0.05) is 26.7 Å². The molecule has 0 spiro atoms. The van der Waals surface area contributed by atoms with Crippen LogP contribution in [0.3, 0.4) is 0 Å². The molecule has 0 radical (unpaired) electrons. The van der Waals surface area contributed by atoms with Crippen molar-refractivity contribution in [1.29, 1.82) is 5.26 Å². The average Bonchev–Trinajstić information content (AvgIpc) is 3.62. The first kappa shape index (κ1) is 36.8. The number of alkyl halides is 3. The number of rotatable bonds is 8. The number of nitrogens with two attached hydrogens (primary N) is 1. The first-order valence-corrected chi connectivity index (χ1v) is 14.1. The number of nitrogens with zero attached hydrogens (tertiary/aromatic N) is 4. The van der Waals surface area contributed by atoms with E-state index < -0.39 is 18.1 Å². The van der Waals surface area contributed by atoms with Gasteiger partial charge in [0.2, 0.25) is 18.2 Å². The van der Waals surface area contributed by atoms with E-state index in [-0.39, 0.29) is 28.9 Å². The van der Waals surface area contributed by atoms with Gasteiger partial charge >= 0.3 is 12.1 Å². The molecule has 4 rings (SSSR count). The number of carbonyl (C=O) groups is 3. The fraction of sp³-hybridized carbons (Fsp3) is 0.548. The van der Waals surface area contributed by atoms with Crippen molar-refractivity contribution in [2.24, 2.45) is 17.1 Å². The number of amides is 3. The first-order valence-electron chi connectivity index (χ1n) is 14.1. The lowest BCUT2D eigenvalue weighted by molar-refractivity contribution is -0.169. The molecule has 2 aromatic rings. The normalized spacial score (nSPS) is 18.8. The van der Waals surface area contributed by atoms with Crippen molar-refractivity contribution in [1.82, 2.24) is 20.2 Å². The lowest BCUT2D eigenvalue weighted by atomic mass is 9.84.